The first-order chi connectivity index (χ1) is 11.1. The fraction of sp³-hybridized carbons (Fsp3) is 0.450. The minimum atomic E-state index is -1.01. The lowest BCUT2D eigenvalue weighted by molar-refractivity contribution is -0.112. The Morgan fingerprint density at radius 2 is 1.54 bits per heavy atom. The van der Waals surface area contributed by atoms with Crippen LogP contribution in [-0.2, 0) is 4.79 Å². The second-order valence-electron chi connectivity index (χ2n) is 6.16. The van der Waals surface area contributed by atoms with Crippen LogP contribution in [0.1, 0.15) is 41.0 Å². The summed E-state index contributed by atoms with van der Waals surface area (Å²) in [6, 6.07) is 0. The third kappa shape index (κ3) is 11.8. The van der Waals surface area contributed by atoms with Crippen LogP contribution < -0.4 is 0 Å². The van der Waals surface area contributed by atoms with Crippen molar-refractivity contribution in [3.63, 3.8) is 0 Å². The third-order valence-corrected chi connectivity index (χ3v) is 3.16. The quantitative estimate of drug-likeness (QED) is 0.447. The van der Waals surface area contributed by atoms with Crippen molar-refractivity contribution < 1.29 is 20.1 Å². The maximum Gasteiger partial charge on any atom is 0.152 e. The van der Waals surface area contributed by atoms with Gasteiger partial charge in [0.15, 0.2) is 5.78 Å². The number of ketones is 1. The van der Waals surface area contributed by atoms with E-state index >= 15 is 0 Å². The van der Waals surface area contributed by atoms with Gasteiger partial charge in [-0.3, -0.25) is 4.79 Å². The number of allylic oxidation sites excluding steroid dienone is 9. The third-order valence-electron chi connectivity index (χ3n) is 3.16. The molecule has 0 aliphatic heterocycles. The smallest absolute Gasteiger partial charge is 0.152 e. The van der Waals surface area contributed by atoms with Gasteiger partial charge in [0.1, 0.15) is 0 Å². The number of aliphatic hydroxyl groups excluding tert-OH is 3. The summed E-state index contributed by atoms with van der Waals surface area (Å²) in [7, 11) is 0. The first kappa shape index (κ1) is 22.2. The van der Waals surface area contributed by atoms with Gasteiger partial charge in [-0.1, -0.05) is 53.2 Å². The van der Waals surface area contributed by atoms with Crippen molar-refractivity contribution in [3.8, 4) is 0 Å². The molecule has 0 aromatic heterocycles. The molecule has 0 bridgehead atoms. The van der Waals surface area contributed by atoms with Gasteiger partial charge in [-0.25, -0.2) is 0 Å². The number of carbonyl (C=O) groups excluding carboxylic acids is 1. The van der Waals surface area contributed by atoms with E-state index in [1.807, 2.05) is 45.1 Å². The molecule has 4 heteroatoms. The molecular weight excluding hydrogens is 304 g/mol. The Labute approximate surface area is 145 Å². The molecule has 0 aliphatic rings. The van der Waals surface area contributed by atoms with Gasteiger partial charge in [-0.15, -0.1) is 0 Å². The van der Waals surface area contributed by atoms with E-state index in [1.54, 1.807) is 19.1 Å². The molecule has 0 spiro atoms. The zero-order valence-electron chi connectivity index (χ0n) is 15.2. The Morgan fingerprint density at radius 3 is 2.08 bits per heavy atom. The lowest BCUT2D eigenvalue weighted by Gasteiger charge is -2.16. The molecule has 0 unspecified atom stereocenters. The average molecular weight is 334 g/mol. The monoisotopic (exact) mass is 334 g/mol. The molecule has 0 heterocycles. The van der Waals surface area contributed by atoms with Crippen LogP contribution in [0.2, 0.25) is 0 Å². The fourth-order valence-corrected chi connectivity index (χ4v) is 1.98. The van der Waals surface area contributed by atoms with E-state index in [4.69, 9.17) is 0 Å². The Hall–Kier alpha value is -1.75. The van der Waals surface area contributed by atoms with Gasteiger partial charge >= 0.3 is 0 Å². The summed E-state index contributed by atoms with van der Waals surface area (Å²) >= 11 is 0. The Morgan fingerprint density at radius 1 is 0.917 bits per heavy atom. The van der Waals surface area contributed by atoms with Crippen molar-refractivity contribution in [3.05, 3.63) is 59.3 Å². The summed E-state index contributed by atoms with van der Waals surface area (Å²) in [6.45, 7) is 8.79. The molecule has 0 fully saturated rings. The zero-order chi connectivity index (χ0) is 18.7. The predicted molar refractivity (Wildman–Crippen MR) is 98.5 cm³/mol. The predicted octanol–water partition coefficient (Wildman–Crippen LogP) is 3.02. The van der Waals surface area contributed by atoms with Crippen LogP contribution in [0, 0.1) is 0 Å². The van der Waals surface area contributed by atoms with Crippen LogP contribution in [0.4, 0.5) is 0 Å². The van der Waals surface area contributed by atoms with Crippen molar-refractivity contribution in [2.24, 2.45) is 0 Å². The summed E-state index contributed by atoms with van der Waals surface area (Å²) in [5.74, 6) is 0.0152. The number of aliphatic hydroxyl groups is 3. The molecule has 4 nitrogen and oxygen atoms in total. The van der Waals surface area contributed by atoms with Gasteiger partial charge in [-0.05, 0) is 40.7 Å². The van der Waals surface area contributed by atoms with Crippen LogP contribution in [0.5, 0.6) is 0 Å². The molecular formula is C20H30O4. The standard InChI is InChI=1S/C20H30O4/c1-14(11-16(3)9-10-17(4)21)7-6-8-15(2)12-19(23)20(24)13-18(5)22/h6-12,18-20,22-24H,13H2,1-5H3/b8-6+,10-9+,14-7+,15-12+,16-11+/t18-,19+,20+/m1/s1. The van der Waals surface area contributed by atoms with Gasteiger partial charge in [0, 0.05) is 6.42 Å². The van der Waals surface area contributed by atoms with Crippen molar-refractivity contribution in [2.45, 2.75) is 59.4 Å². The summed E-state index contributed by atoms with van der Waals surface area (Å²) in [5.41, 5.74) is 2.82. The van der Waals surface area contributed by atoms with E-state index in [0.717, 1.165) is 16.7 Å². The highest BCUT2D eigenvalue weighted by Crippen LogP contribution is 2.08. The molecule has 24 heavy (non-hydrogen) atoms. The van der Waals surface area contributed by atoms with Crippen LogP contribution >= 0.6 is 0 Å². The molecule has 0 aromatic carbocycles. The van der Waals surface area contributed by atoms with Gasteiger partial charge in [0.2, 0.25) is 0 Å². The van der Waals surface area contributed by atoms with E-state index in [0.29, 0.717) is 0 Å². The van der Waals surface area contributed by atoms with Crippen molar-refractivity contribution in [1.29, 1.82) is 0 Å². The SMILES string of the molecule is CC(=O)/C=C/C(C)=C/C(C)=C/C=C/C(C)=C/[C@H](O)[C@@H](O)C[C@@H](C)O. The summed E-state index contributed by atoms with van der Waals surface area (Å²) in [5, 5.41) is 28.8. The normalized spacial score (nSPS) is 18.2. The van der Waals surface area contributed by atoms with Crippen molar-refractivity contribution in [2.75, 3.05) is 0 Å². The average Bonchev–Trinajstić information content (AvgIpc) is 2.44. The van der Waals surface area contributed by atoms with E-state index < -0.39 is 18.3 Å². The minimum Gasteiger partial charge on any atom is -0.393 e. The van der Waals surface area contributed by atoms with Crippen LogP contribution in [0.15, 0.2) is 59.3 Å². The molecule has 0 rings (SSSR count). The molecule has 0 aliphatic carbocycles. The Kier molecular flexibility index (Phi) is 10.9. The van der Waals surface area contributed by atoms with E-state index in [-0.39, 0.29) is 12.2 Å². The summed E-state index contributed by atoms with van der Waals surface area (Å²) in [6.07, 6.45) is 9.91. The van der Waals surface area contributed by atoms with Gasteiger partial charge < -0.3 is 15.3 Å². The zero-order valence-corrected chi connectivity index (χ0v) is 15.2. The Bertz CT molecular complexity index is 548. The molecule has 0 aromatic rings. The summed E-state index contributed by atoms with van der Waals surface area (Å²) < 4.78 is 0. The second-order valence-corrected chi connectivity index (χ2v) is 6.16. The number of carbonyl (C=O) groups is 1. The maximum absolute atomic E-state index is 10.9. The highest BCUT2D eigenvalue weighted by atomic mass is 16.3. The lowest BCUT2D eigenvalue weighted by atomic mass is 10.0. The van der Waals surface area contributed by atoms with E-state index in [1.165, 1.54) is 13.0 Å². The summed E-state index contributed by atoms with van der Waals surface area (Å²) in [4.78, 5) is 10.9. The molecule has 3 N–H and O–H groups in total. The van der Waals surface area contributed by atoms with Crippen LogP contribution in [-0.4, -0.2) is 39.4 Å². The molecule has 0 saturated carbocycles. The number of hydrogen-bond donors (Lipinski definition) is 3. The first-order valence-corrected chi connectivity index (χ1v) is 8.06. The Balaban J connectivity index is 4.74. The lowest BCUT2D eigenvalue weighted by Crippen LogP contribution is -2.27. The van der Waals surface area contributed by atoms with E-state index in [2.05, 4.69) is 0 Å². The van der Waals surface area contributed by atoms with E-state index in [9.17, 15) is 20.1 Å². The van der Waals surface area contributed by atoms with Gasteiger partial charge in [0.05, 0.1) is 18.3 Å². The molecule has 0 radical (unpaired) electrons. The molecule has 0 saturated heterocycles. The maximum atomic E-state index is 10.9. The molecule has 0 amide bonds. The van der Waals surface area contributed by atoms with Crippen molar-refractivity contribution >= 4 is 5.78 Å². The van der Waals surface area contributed by atoms with Crippen molar-refractivity contribution in [1.82, 2.24) is 0 Å². The van der Waals surface area contributed by atoms with Gasteiger partial charge in [-0.2, -0.15) is 0 Å². The minimum absolute atomic E-state index is 0.0152. The second kappa shape index (κ2) is 11.7. The molecule has 134 valence electrons. The largest absolute Gasteiger partial charge is 0.393 e. The highest BCUT2D eigenvalue weighted by molar-refractivity contribution is 5.87. The first-order valence-electron chi connectivity index (χ1n) is 8.06. The topological polar surface area (TPSA) is 77.8 Å². The fourth-order valence-electron chi connectivity index (χ4n) is 1.98. The molecule has 3 atom stereocenters. The number of rotatable bonds is 9. The van der Waals surface area contributed by atoms with Crippen LogP contribution in [0.3, 0.4) is 0 Å². The van der Waals surface area contributed by atoms with Crippen LogP contribution in [0.25, 0.3) is 0 Å². The number of hydrogen-bond acceptors (Lipinski definition) is 4. The highest BCUT2D eigenvalue weighted by Gasteiger charge is 2.15. The van der Waals surface area contributed by atoms with Gasteiger partial charge in [0.25, 0.3) is 0 Å².